The molecule has 5 rings (SSSR count). The van der Waals surface area contributed by atoms with E-state index < -0.39 is 11.6 Å². The van der Waals surface area contributed by atoms with Gasteiger partial charge < -0.3 is 9.30 Å². The van der Waals surface area contributed by atoms with Gasteiger partial charge in [0, 0.05) is 14.1 Å². The van der Waals surface area contributed by atoms with Crippen LogP contribution < -0.4 is 11.2 Å². The van der Waals surface area contributed by atoms with E-state index in [4.69, 9.17) is 4.74 Å². The van der Waals surface area contributed by atoms with Gasteiger partial charge in [-0.25, -0.2) is 4.79 Å². The maximum absolute atomic E-state index is 13.5. The third kappa shape index (κ3) is 3.29. The fourth-order valence-electron chi connectivity index (χ4n) is 4.80. The number of fused-ring (bicyclic) bond motifs is 3. The zero-order valence-corrected chi connectivity index (χ0v) is 19.3. The second-order valence-electron chi connectivity index (χ2n) is 9.18. The quantitative estimate of drug-likeness (QED) is 0.478. The van der Waals surface area contributed by atoms with Crippen LogP contribution in [0, 0.1) is 0 Å². The van der Waals surface area contributed by atoms with Crippen molar-refractivity contribution in [2.45, 2.75) is 25.5 Å². The lowest BCUT2D eigenvalue weighted by Crippen LogP contribution is -2.39. The summed E-state index contributed by atoms with van der Waals surface area (Å²) in [4.78, 5) is 26.4. The summed E-state index contributed by atoms with van der Waals surface area (Å²) in [7, 11) is 3.25. The van der Waals surface area contributed by atoms with Gasteiger partial charge in [0.15, 0.2) is 0 Å². The first-order valence-electron chi connectivity index (χ1n) is 11.1. The van der Waals surface area contributed by atoms with E-state index in [0.29, 0.717) is 17.5 Å². The van der Waals surface area contributed by atoms with Gasteiger partial charge in [0.2, 0.25) is 0 Å². The van der Waals surface area contributed by atoms with E-state index in [9.17, 15) is 9.59 Å². The summed E-state index contributed by atoms with van der Waals surface area (Å²) in [5, 5.41) is 0.539. The normalized spacial score (nSPS) is 17.5. The van der Waals surface area contributed by atoms with Crippen molar-refractivity contribution in [2.24, 2.45) is 14.1 Å². The molecule has 0 N–H and O–H groups in total. The van der Waals surface area contributed by atoms with Gasteiger partial charge in [0.05, 0.1) is 34.4 Å². The zero-order chi connectivity index (χ0) is 23.3. The average Bonchev–Trinajstić information content (AvgIpc) is 3.20. The lowest BCUT2D eigenvalue weighted by molar-refractivity contribution is -0.00302. The second-order valence-corrected chi connectivity index (χ2v) is 9.18. The van der Waals surface area contributed by atoms with Gasteiger partial charge in [0.1, 0.15) is 6.10 Å². The molecule has 1 aliphatic heterocycles. The van der Waals surface area contributed by atoms with Crippen LogP contribution in [-0.2, 0) is 24.4 Å². The summed E-state index contributed by atoms with van der Waals surface area (Å²) in [6.07, 6.45) is 3.62. The Morgan fingerprint density at radius 3 is 2.24 bits per heavy atom. The summed E-state index contributed by atoms with van der Waals surface area (Å²) in [5.41, 5.74) is 3.19. The number of hydrogen-bond acceptors (Lipinski definition) is 3. The molecule has 0 spiro atoms. The lowest BCUT2D eigenvalue weighted by Gasteiger charge is -2.38. The molecular weight excluding hydrogens is 414 g/mol. The third-order valence-electron chi connectivity index (χ3n) is 6.41. The maximum atomic E-state index is 13.5. The van der Waals surface area contributed by atoms with Gasteiger partial charge in [-0.1, -0.05) is 66.7 Å². The highest BCUT2D eigenvalue weighted by atomic mass is 16.5. The summed E-state index contributed by atoms with van der Waals surface area (Å²) in [5.74, 6) is 0. The molecule has 0 saturated carbocycles. The SMILES string of the molecule is Cn1c(=O)c2c(-c3ccccc3)n3c(c2n(C)c1=O)C(C=Cc1ccccc1)OCC3(C)C. The topological polar surface area (TPSA) is 58.2 Å². The number of aryl methyl sites for hydroxylation is 1. The molecule has 1 aliphatic rings. The first-order chi connectivity index (χ1) is 15.8. The molecule has 0 radical (unpaired) electrons. The molecular formula is C27H27N3O3. The number of hydrogen-bond donors (Lipinski definition) is 0. The van der Waals surface area contributed by atoms with E-state index in [1.807, 2.05) is 72.8 Å². The fourth-order valence-corrected chi connectivity index (χ4v) is 4.80. The highest BCUT2D eigenvalue weighted by Crippen LogP contribution is 2.43. The summed E-state index contributed by atoms with van der Waals surface area (Å²) >= 11 is 0. The van der Waals surface area contributed by atoms with E-state index >= 15 is 0 Å². The Morgan fingerprint density at radius 2 is 1.58 bits per heavy atom. The van der Waals surface area contributed by atoms with E-state index in [2.05, 4.69) is 18.4 Å². The monoisotopic (exact) mass is 441 g/mol. The van der Waals surface area contributed by atoms with Crippen molar-refractivity contribution in [1.29, 1.82) is 0 Å². The predicted octanol–water partition coefficient (Wildman–Crippen LogP) is 4.23. The molecule has 6 heteroatoms. The van der Waals surface area contributed by atoms with Crippen LogP contribution in [0.1, 0.15) is 31.2 Å². The zero-order valence-electron chi connectivity index (χ0n) is 19.3. The lowest BCUT2D eigenvalue weighted by atomic mass is 10.0. The van der Waals surface area contributed by atoms with Crippen molar-refractivity contribution in [2.75, 3.05) is 6.61 Å². The molecule has 1 atom stereocenters. The Hall–Kier alpha value is -3.64. The largest absolute Gasteiger partial charge is 0.365 e. The number of benzene rings is 2. The molecule has 2 aromatic carbocycles. The maximum Gasteiger partial charge on any atom is 0.331 e. The minimum Gasteiger partial charge on any atom is -0.365 e. The summed E-state index contributed by atoms with van der Waals surface area (Å²) in [6.45, 7) is 4.67. The number of rotatable bonds is 3. The van der Waals surface area contributed by atoms with Crippen LogP contribution in [0.15, 0.2) is 76.3 Å². The fraction of sp³-hybridized carbons (Fsp3) is 0.259. The Bertz CT molecular complexity index is 1490. The first-order valence-corrected chi connectivity index (χ1v) is 11.1. The highest BCUT2D eigenvalue weighted by Gasteiger charge is 2.39. The molecule has 3 heterocycles. The van der Waals surface area contributed by atoms with Crippen molar-refractivity contribution in [1.82, 2.24) is 13.7 Å². The van der Waals surface area contributed by atoms with Crippen molar-refractivity contribution in [3.05, 3.63) is 98.8 Å². The van der Waals surface area contributed by atoms with Crippen LogP contribution in [0.5, 0.6) is 0 Å². The summed E-state index contributed by atoms with van der Waals surface area (Å²) < 4.78 is 11.3. The summed E-state index contributed by atoms with van der Waals surface area (Å²) in [6, 6.07) is 19.9. The van der Waals surface area contributed by atoms with Crippen LogP contribution in [0.4, 0.5) is 0 Å². The average molecular weight is 442 g/mol. The smallest absolute Gasteiger partial charge is 0.331 e. The van der Waals surface area contributed by atoms with Crippen molar-refractivity contribution < 1.29 is 4.74 Å². The third-order valence-corrected chi connectivity index (χ3v) is 6.41. The van der Waals surface area contributed by atoms with Gasteiger partial charge in [0.25, 0.3) is 5.56 Å². The van der Waals surface area contributed by atoms with Gasteiger partial charge in [-0.2, -0.15) is 0 Å². The second kappa shape index (κ2) is 7.74. The molecule has 33 heavy (non-hydrogen) atoms. The Morgan fingerprint density at radius 1 is 0.939 bits per heavy atom. The van der Waals surface area contributed by atoms with Crippen LogP contribution in [0.2, 0.25) is 0 Å². The van der Waals surface area contributed by atoms with Crippen molar-refractivity contribution in [3.63, 3.8) is 0 Å². The number of ether oxygens (including phenoxy) is 1. The Balaban J connectivity index is 1.90. The van der Waals surface area contributed by atoms with Crippen LogP contribution in [0.25, 0.3) is 28.2 Å². The van der Waals surface area contributed by atoms with Gasteiger partial charge in [-0.3, -0.25) is 13.9 Å². The Kier molecular flexibility index (Phi) is 4.98. The first kappa shape index (κ1) is 21.2. The van der Waals surface area contributed by atoms with Gasteiger partial charge in [-0.05, 0) is 31.1 Å². The van der Waals surface area contributed by atoms with Crippen LogP contribution in [-0.4, -0.2) is 20.3 Å². The molecule has 1 unspecified atom stereocenters. The van der Waals surface area contributed by atoms with Crippen LogP contribution >= 0.6 is 0 Å². The van der Waals surface area contributed by atoms with Crippen LogP contribution in [0.3, 0.4) is 0 Å². The van der Waals surface area contributed by atoms with Crippen molar-refractivity contribution >= 4 is 17.0 Å². The standard InChI is InChI=1S/C27H27N3O3/c1-27(2)17-33-20(16-15-18-11-7-5-8-12-18)23-24-21(25(31)29(4)26(32)28(24)3)22(30(23)27)19-13-9-6-10-14-19/h5-16,20H,17H2,1-4H3. The predicted molar refractivity (Wildman–Crippen MR) is 131 cm³/mol. The van der Waals surface area contributed by atoms with E-state index in [1.54, 1.807) is 11.6 Å². The molecule has 0 bridgehead atoms. The molecule has 0 amide bonds. The molecule has 0 fully saturated rings. The number of nitrogens with zero attached hydrogens (tertiary/aromatic N) is 3. The Labute approximate surface area is 192 Å². The highest BCUT2D eigenvalue weighted by molar-refractivity contribution is 5.96. The molecule has 0 aliphatic carbocycles. The van der Waals surface area contributed by atoms with Crippen molar-refractivity contribution in [3.8, 4) is 11.3 Å². The molecule has 4 aromatic rings. The molecule has 2 aromatic heterocycles. The van der Waals surface area contributed by atoms with E-state index in [0.717, 1.165) is 22.5 Å². The van der Waals surface area contributed by atoms with Gasteiger partial charge >= 0.3 is 5.69 Å². The van der Waals surface area contributed by atoms with E-state index in [-0.39, 0.29) is 11.2 Å². The minimum absolute atomic E-state index is 0.296. The molecule has 0 saturated heterocycles. The molecule has 6 nitrogen and oxygen atoms in total. The molecule has 168 valence electrons. The number of aromatic nitrogens is 3. The minimum atomic E-state index is -0.419. The van der Waals surface area contributed by atoms with E-state index in [1.165, 1.54) is 11.6 Å². The van der Waals surface area contributed by atoms with Gasteiger partial charge in [-0.15, -0.1) is 0 Å².